The maximum absolute atomic E-state index is 11.2. The normalized spacial score (nSPS) is 10.9. The van der Waals surface area contributed by atoms with E-state index < -0.39 is 5.97 Å². The van der Waals surface area contributed by atoms with Crippen LogP contribution < -0.4 is 4.74 Å². The van der Waals surface area contributed by atoms with Gasteiger partial charge in [0.05, 0.1) is 12.8 Å². The van der Waals surface area contributed by atoms with E-state index in [4.69, 9.17) is 4.74 Å². The van der Waals surface area contributed by atoms with Crippen molar-refractivity contribution in [2.45, 2.75) is 6.92 Å². The molecule has 0 unspecified atom stereocenters. The summed E-state index contributed by atoms with van der Waals surface area (Å²) in [6.07, 6.45) is 0. The van der Waals surface area contributed by atoms with E-state index in [9.17, 15) is 9.90 Å². The van der Waals surface area contributed by atoms with Gasteiger partial charge in [0, 0.05) is 10.9 Å². The molecule has 0 saturated carbocycles. The first kappa shape index (κ1) is 12.6. The number of nitrogens with zero attached hydrogens (tertiary/aromatic N) is 3. The largest absolute Gasteiger partial charge is 0.496 e. The van der Waals surface area contributed by atoms with E-state index in [1.54, 1.807) is 7.11 Å². The number of fused-ring (bicyclic) bond motifs is 1. The van der Waals surface area contributed by atoms with Crippen LogP contribution in [0.4, 0.5) is 0 Å². The van der Waals surface area contributed by atoms with Crippen LogP contribution in [0.1, 0.15) is 16.2 Å². The summed E-state index contributed by atoms with van der Waals surface area (Å²) in [5, 5.41) is 18.6. The number of carboxylic acids is 1. The zero-order valence-corrected chi connectivity index (χ0v) is 11.6. The van der Waals surface area contributed by atoms with Crippen LogP contribution in [0.15, 0.2) is 23.6 Å². The van der Waals surface area contributed by atoms with Crippen LogP contribution in [0.25, 0.3) is 16.2 Å². The Bertz CT molecular complexity index is 806. The molecule has 20 heavy (non-hydrogen) atoms. The van der Waals surface area contributed by atoms with E-state index in [0.29, 0.717) is 16.4 Å². The monoisotopic (exact) mass is 289 g/mol. The van der Waals surface area contributed by atoms with E-state index in [-0.39, 0.29) is 5.82 Å². The minimum atomic E-state index is -1.11. The standard InChI is InChI=1S/C13H11N3O3S/c1-7-3-4-10(19-2)8(5-7)9-6-20-13-15-14-11(12(17)18)16(9)13/h3-6H,1-2H3,(H,17,18). The summed E-state index contributed by atoms with van der Waals surface area (Å²) in [5.74, 6) is -0.524. The molecule has 0 atom stereocenters. The fraction of sp³-hybridized carbons (Fsp3) is 0.154. The summed E-state index contributed by atoms with van der Waals surface area (Å²) in [6.45, 7) is 1.97. The number of carbonyl (C=O) groups is 1. The summed E-state index contributed by atoms with van der Waals surface area (Å²) in [4.78, 5) is 11.8. The van der Waals surface area contributed by atoms with Gasteiger partial charge in [-0.05, 0) is 19.1 Å². The van der Waals surface area contributed by atoms with Crippen LogP contribution in [0.5, 0.6) is 5.75 Å². The molecule has 102 valence electrons. The Balaban J connectivity index is 2.32. The predicted octanol–water partition coefficient (Wildman–Crippen LogP) is 2.47. The highest BCUT2D eigenvalue weighted by atomic mass is 32.1. The van der Waals surface area contributed by atoms with Gasteiger partial charge < -0.3 is 9.84 Å². The quantitative estimate of drug-likeness (QED) is 0.801. The Morgan fingerprint density at radius 2 is 2.20 bits per heavy atom. The Labute approximate surface area is 118 Å². The molecule has 0 spiro atoms. The molecule has 0 fully saturated rings. The summed E-state index contributed by atoms with van der Waals surface area (Å²) in [5.41, 5.74) is 2.60. The first-order chi connectivity index (χ1) is 9.61. The van der Waals surface area contributed by atoms with Crippen molar-refractivity contribution in [3.05, 3.63) is 35.0 Å². The third-order valence-electron chi connectivity index (χ3n) is 2.97. The van der Waals surface area contributed by atoms with Gasteiger partial charge in [0.2, 0.25) is 10.8 Å². The van der Waals surface area contributed by atoms with Gasteiger partial charge in [-0.25, -0.2) is 4.79 Å². The average Bonchev–Trinajstić information content (AvgIpc) is 2.99. The molecule has 2 heterocycles. The Kier molecular flexibility index (Phi) is 2.90. The van der Waals surface area contributed by atoms with Crippen LogP contribution in [0.3, 0.4) is 0 Å². The Morgan fingerprint density at radius 1 is 1.40 bits per heavy atom. The number of aromatic carboxylic acids is 1. The molecular formula is C13H11N3O3S. The molecule has 6 nitrogen and oxygen atoms in total. The second-order valence-electron chi connectivity index (χ2n) is 4.27. The lowest BCUT2D eigenvalue weighted by Gasteiger charge is -2.09. The van der Waals surface area contributed by atoms with Gasteiger partial charge in [-0.3, -0.25) is 4.40 Å². The van der Waals surface area contributed by atoms with Gasteiger partial charge in [0.25, 0.3) is 0 Å². The number of hydrogen-bond acceptors (Lipinski definition) is 5. The third kappa shape index (κ3) is 1.83. The first-order valence-electron chi connectivity index (χ1n) is 5.82. The minimum Gasteiger partial charge on any atom is -0.496 e. The molecule has 2 aromatic heterocycles. The summed E-state index contributed by atoms with van der Waals surface area (Å²) < 4.78 is 6.89. The van der Waals surface area contributed by atoms with E-state index in [1.807, 2.05) is 30.5 Å². The van der Waals surface area contributed by atoms with Gasteiger partial charge in [-0.1, -0.05) is 11.6 Å². The molecule has 0 saturated heterocycles. The zero-order valence-electron chi connectivity index (χ0n) is 10.8. The van der Waals surface area contributed by atoms with Gasteiger partial charge in [0.1, 0.15) is 5.75 Å². The van der Waals surface area contributed by atoms with Crippen LogP contribution in [-0.4, -0.2) is 32.8 Å². The van der Waals surface area contributed by atoms with Crippen LogP contribution in [0.2, 0.25) is 0 Å². The molecule has 1 N–H and O–H groups in total. The van der Waals surface area contributed by atoms with Crippen molar-refractivity contribution in [3.8, 4) is 17.0 Å². The molecule has 0 aliphatic carbocycles. The van der Waals surface area contributed by atoms with E-state index in [2.05, 4.69) is 10.2 Å². The first-order valence-corrected chi connectivity index (χ1v) is 6.70. The summed E-state index contributed by atoms with van der Waals surface area (Å²) >= 11 is 1.34. The molecule has 1 aromatic carbocycles. The van der Waals surface area contributed by atoms with Crippen LogP contribution in [0, 0.1) is 6.92 Å². The fourth-order valence-electron chi connectivity index (χ4n) is 2.07. The summed E-state index contributed by atoms with van der Waals surface area (Å²) in [7, 11) is 1.59. The molecular weight excluding hydrogens is 278 g/mol. The number of thiazole rings is 1. The van der Waals surface area contributed by atoms with E-state index >= 15 is 0 Å². The van der Waals surface area contributed by atoms with Crippen molar-refractivity contribution in [1.29, 1.82) is 0 Å². The lowest BCUT2D eigenvalue weighted by molar-refractivity contribution is 0.0682. The van der Waals surface area contributed by atoms with Crippen molar-refractivity contribution < 1.29 is 14.6 Å². The van der Waals surface area contributed by atoms with Crippen LogP contribution in [-0.2, 0) is 0 Å². The number of hydrogen-bond donors (Lipinski definition) is 1. The second kappa shape index (κ2) is 4.61. The fourth-order valence-corrected chi connectivity index (χ4v) is 2.90. The lowest BCUT2D eigenvalue weighted by atomic mass is 10.1. The van der Waals surface area contributed by atoms with Crippen molar-refractivity contribution >= 4 is 22.3 Å². The highest BCUT2D eigenvalue weighted by molar-refractivity contribution is 7.15. The van der Waals surface area contributed by atoms with Crippen molar-refractivity contribution in [2.24, 2.45) is 0 Å². The highest BCUT2D eigenvalue weighted by Crippen LogP contribution is 2.34. The number of aryl methyl sites for hydroxylation is 1. The molecule has 0 aliphatic rings. The van der Waals surface area contributed by atoms with Gasteiger partial charge >= 0.3 is 5.97 Å². The maximum atomic E-state index is 11.2. The van der Waals surface area contributed by atoms with Crippen molar-refractivity contribution in [2.75, 3.05) is 7.11 Å². The highest BCUT2D eigenvalue weighted by Gasteiger charge is 2.20. The molecule has 0 aliphatic heterocycles. The SMILES string of the molecule is COc1ccc(C)cc1-c1csc2nnc(C(=O)O)n12. The number of benzene rings is 1. The van der Waals surface area contributed by atoms with Gasteiger partial charge in [0.15, 0.2) is 0 Å². The second-order valence-corrected chi connectivity index (χ2v) is 5.11. The van der Waals surface area contributed by atoms with E-state index in [1.165, 1.54) is 15.7 Å². The third-order valence-corrected chi connectivity index (χ3v) is 3.79. The van der Waals surface area contributed by atoms with Gasteiger partial charge in [-0.15, -0.1) is 21.5 Å². The molecule has 0 bridgehead atoms. The Hall–Kier alpha value is -2.41. The molecule has 0 radical (unpaired) electrons. The molecule has 3 aromatic rings. The van der Waals surface area contributed by atoms with Gasteiger partial charge in [-0.2, -0.15) is 0 Å². The van der Waals surface area contributed by atoms with Crippen molar-refractivity contribution in [1.82, 2.24) is 14.6 Å². The average molecular weight is 289 g/mol. The number of carboxylic acid groups (broad SMARTS) is 1. The smallest absolute Gasteiger partial charge is 0.374 e. The topological polar surface area (TPSA) is 76.7 Å². The summed E-state index contributed by atoms with van der Waals surface area (Å²) in [6, 6.07) is 5.75. The molecule has 0 amide bonds. The zero-order chi connectivity index (χ0) is 14.3. The number of ether oxygens (including phenoxy) is 1. The predicted molar refractivity (Wildman–Crippen MR) is 74.5 cm³/mol. The minimum absolute atomic E-state index is 0.0974. The van der Waals surface area contributed by atoms with Crippen molar-refractivity contribution in [3.63, 3.8) is 0 Å². The molecule has 3 rings (SSSR count). The number of methoxy groups -OCH3 is 1. The lowest BCUT2D eigenvalue weighted by Crippen LogP contribution is -2.04. The Morgan fingerprint density at radius 3 is 2.90 bits per heavy atom. The number of aromatic nitrogens is 3. The van der Waals surface area contributed by atoms with Crippen LogP contribution >= 0.6 is 11.3 Å². The molecule has 7 heteroatoms. The van der Waals surface area contributed by atoms with E-state index in [0.717, 1.165) is 11.1 Å². The number of rotatable bonds is 3. The maximum Gasteiger partial charge on any atom is 0.374 e.